The van der Waals surface area contributed by atoms with Crippen LogP contribution in [0, 0.1) is 0 Å². The van der Waals surface area contributed by atoms with Crippen LogP contribution in [-0.4, -0.2) is 41.2 Å². The van der Waals surface area contributed by atoms with Gasteiger partial charge in [-0.3, -0.25) is 0 Å². The van der Waals surface area contributed by atoms with Gasteiger partial charge in [0.05, 0.1) is 16.7 Å². The topological polar surface area (TPSA) is 88.8 Å². The highest BCUT2D eigenvalue weighted by Crippen LogP contribution is 2.46. The van der Waals surface area contributed by atoms with E-state index in [9.17, 15) is 0 Å². The molecule has 0 saturated carbocycles. The molecule has 94 heavy (non-hydrogen) atoms. The summed E-state index contributed by atoms with van der Waals surface area (Å²) in [6, 6.07) is 116. The highest BCUT2D eigenvalue weighted by atomic mass is 15.2. The van der Waals surface area contributed by atoms with Crippen molar-refractivity contribution < 1.29 is 0 Å². The third-order valence-corrected chi connectivity index (χ3v) is 18.3. The Morgan fingerprint density at radius 3 is 1.19 bits per heavy atom. The molecule has 0 unspecified atom stereocenters. The van der Waals surface area contributed by atoms with Crippen molar-refractivity contribution in [3.63, 3.8) is 0 Å². The molecule has 0 N–H and O–H groups in total. The summed E-state index contributed by atoms with van der Waals surface area (Å²) in [5, 5.41) is 2.11. The van der Waals surface area contributed by atoms with Gasteiger partial charge in [0, 0.05) is 83.8 Å². The minimum absolute atomic E-state index is 0.0613. The van der Waals surface area contributed by atoms with Gasteiger partial charge in [-0.05, 0) is 118 Å². The molecule has 3 aromatic heterocycles. The fourth-order valence-electron chi connectivity index (χ4n) is 14.1. The number of aromatic nitrogens is 7. The highest BCUT2D eigenvalue weighted by molar-refractivity contribution is 7.00. The largest absolute Gasteiger partial charge is 0.311 e. The monoisotopic (exact) mass is 1200 g/mol. The Bertz CT molecular complexity index is 5460. The van der Waals surface area contributed by atoms with E-state index in [2.05, 4.69) is 245 Å². The molecule has 18 rings (SSSR count). The molecule has 16 aromatic rings. The van der Waals surface area contributed by atoms with E-state index >= 15 is 0 Å². The molecule has 438 valence electrons. The van der Waals surface area contributed by atoms with Gasteiger partial charge in [0.25, 0.3) is 6.71 Å². The van der Waals surface area contributed by atoms with Gasteiger partial charge < -0.3 is 14.4 Å². The summed E-state index contributed by atoms with van der Waals surface area (Å²) >= 11 is 0. The van der Waals surface area contributed by atoms with Gasteiger partial charge in [-0.15, -0.1) is 0 Å². The third-order valence-electron chi connectivity index (χ3n) is 18.3. The molecule has 0 amide bonds. The van der Waals surface area contributed by atoms with Crippen molar-refractivity contribution in [2.45, 2.75) is 0 Å². The van der Waals surface area contributed by atoms with E-state index in [4.69, 9.17) is 29.9 Å². The SMILES string of the molecule is c1ccc(-c2nc(-c3ccccc3)nc(-c3ccc4c(c3)c3ccccc3n4-c3c(-c4cccc(-c5ccc(N6c7ccccc7B7c8ccccc8N(c8ccccc8)c8cccc6c87)cc5)c4)cccc3-c3nc(-c4ccccc4)nc(-c4ccccc4)n3)n2)cc1. The van der Waals surface area contributed by atoms with Crippen LogP contribution in [0.5, 0.6) is 0 Å². The molecule has 0 aliphatic carbocycles. The van der Waals surface area contributed by atoms with Crippen LogP contribution in [-0.2, 0) is 0 Å². The van der Waals surface area contributed by atoms with Crippen molar-refractivity contribution in [1.82, 2.24) is 34.5 Å². The fraction of sp³-hybridized carbons (Fsp3) is 0. The van der Waals surface area contributed by atoms with Crippen LogP contribution < -0.4 is 26.2 Å². The maximum atomic E-state index is 5.41. The molecule has 0 fully saturated rings. The number of fused-ring (bicyclic) bond motifs is 7. The Hall–Kier alpha value is -12.7. The van der Waals surface area contributed by atoms with E-state index in [1.165, 1.54) is 39.1 Å². The second kappa shape index (κ2) is 22.7. The predicted octanol–water partition coefficient (Wildman–Crippen LogP) is 18.6. The average molecular weight is 1200 g/mol. The highest BCUT2D eigenvalue weighted by Gasteiger charge is 2.43. The number of hydrogen-bond acceptors (Lipinski definition) is 8. The molecular formula is C84H54BN9. The first-order chi connectivity index (χ1) is 46.6. The van der Waals surface area contributed by atoms with E-state index in [1.54, 1.807) is 0 Å². The molecule has 0 atom stereocenters. The van der Waals surface area contributed by atoms with Crippen molar-refractivity contribution in [2.75, 3.05) is 9.80 Å². The second-order valence-corrected chi connectivity index (χ2v) is 23.8. The zero-order chi connectivity index (χ0) is 62.1. The molecule has 2 aliphatic rings. The van der Waals surface area contributed by atoms with E-state index in [1.807, 2.05) is 97.1 Å². The first kappa shape index (κ1) is 54.3. The standard InChI is InChI=1S/C84H54BN9/c1-6-25-56(26-7-1)79-86-80(57-27-8-2-9-28-57)89-83(88-79)62-49-52-72-68(54-62)66-37-16-19-42-71(66)94(72)78-65(38-23-39-67(78)84-90-81(58-29-10-3-11-30-58)87-82(91-84)59-31-12-4-13-32-59)61-34-22-33-60(53-61)55-47-50-64(51-48-55)93-74-44-21-18-41-70(74)85-69-40-17-20-43-73(69)92(63-35-14-5-15-36-63)75-45-24-46-76(93)77(75)85/h1-54H. The van der Waals surface area contributed by atoms with E-state index in [0.29, 0.717) is 34.9 Å². The van der Waals surface area contributed by atoms with Gasteiger partial charge in [-0.2, -0.15) is 0 Å². The zero-order valence-corrected chi connectivity index (χ0v) is 50.8. The Morgan fingerprint density at radius 2 is 0.628 bits per heavy atom. The van der Waals surface area contributed by atoms with Crippen LogP contribution >= 0.6 is 0 Å². The van der Waals surface area contributed by atoms with Crippen LogP contribution in [0.25, 0.3) is 118 Å². The van der Waals surface area contributed by atoms with E-state index < -0.39 is 0 Å². The Labute approximate surface area is 544 Å². The zero-order valence-electron chi connectivity index (χ0n) is 50.8. The molecule has 10 heteroatoms. The molecule has 13 aromatic carbocycles. The minimum atomic E-state index is 0.0613. The van der Waals surface area contributed by atoms with Gasteiger partial charge in [0.15, 0.2) is 34.9 Å². The lowest BCUT2D eigenvalue weighted by atomic mass is 9.33. The van der Waals surface area contributed by atoms with Gasteiger partial charge in [-0.25, -0.2) is 29.9 Å². The number of anilines is 6. The van der Waals surface area contributed by atoms with Gasteiger partial charge in [-0.1, -0.05) is 243 Å². The third kappa shape index (κ3) is 9.26. The van der Waals surface area contributed by atoms with Crippen molar-refractivity contribution in [3.05, 3.63) is 328 Å². The average Bonchev–Trinajstić information content (AvgIpc) is 1.03. The molecule has 2 aliphatic heterocycles. The normalized spacial score (nSPS) is 12.2. The summed E-state index contributed by atoms with van der Waals surface area (Å²) in [5.74, 6) is 3.51. The summed E-state index contributed by atoms with van der Waals surface area (Å²) < 4.78 is 2.40. The van der Waals surface area contributed by atoms with Crippen molar-refractivity contribution in [3.8, 4) is 96.3 Å². The first-order valence-electron chi connectivity index (χ1n) is 31.7. The number of benzene rings is 13. The minimum Gasteiger partial charge on any atom is -0.311 e. The van der Waals surface area contributed by atoms with Crippen molar-refractivity contribution >= 4 is 79.0 Å². The summed E-state index contributed by atoms with van der Waals surface area (Å²) in [7, 11) is 0. The maximum Gasteiger partial charge on any atom is 0.252 e. The molecule has 0 bridgehead atoms. The van der Waals surface area contributed by atoms with Gasteiger partial charge >= 0.3 is 0 Å². The summed E-state index contributed by atoms with van der Waals surface area (Å²) in [6.45, 7) is 0.0613. The number of hydrogen-bond donors (Lipinski definition) is 0. The van der Waals surface area contributed by atoms with E-state index in [-0.39, 0.29) is 6.71 Å². The lowest BCUT2D eigenvalue weighted by molar-refractivity contribution is 1.06. The molecular weight excluding hydrogens is 1150 g/mol. The molecule has 5 heterocycles. The van der Waals surface area contributed by atoms with Crippen molar-refractivity contribution in [1.29, 1.82) is 0 Å². The quantitative estimate of drug-likeness (QED) is 0.118. The fourth-order valence-corrected chi connectivity index (χ4v) is 14.1. The molecule has 0 radical (unpaired) electrons. The number of rotatable bonds is 11. The number of para-hydroxylation sites is 5. The van der Waals surface area contributed by atoms with Crippen LogP contribution in [0.15, 0.2) is 328 Å². The summed E-state index contributed by atoms with van der Waals surface area (Å²) in [4.78, 5) is 36.2. The predicted molar refractivity (Wildman–Crippen MR) is 385 cm³/mol. The smallest absolute Gasteiger partial charge is 0.252 e. The Balaban J connectivity index is 0.800. The van der Waals surface area contributed by atoms with E-state index in [0.717, 1.165) is 94.5 Å². The summed E-state index contributed by atoms with van der Waals surface area (Å²) in [5.41, 5.74) is 23.3. The van der Waals surface area contributed by atoms with Crippen molar-refractivity contribution in [2.24, 2.45) is 0 Å². The van der Waals surface area contributed by atoms with Gasteiger partial charge in [0.2, 0.25) is 0 Å². The lowest BCUT2D eigenvalue weighted by Gasteiger charge is -2.44. The molecule has 9 nitrogen and oxygen atoms in total. The van der Waals surface area contributed by atoms with Crippen LogP contribution in [0.3, 0.4) is 0 Å². The lowest BCUT2D eigenvalue weighted by Crippen LogP contribution is -2.61. The Morgan fingerprint density at radius 1 is 0.234 bits per heavy atom. The Kier molecular flexibility index (Phi) is 13.1. The maximum absolute atomic E-state index is 5.41. The van der Waals surface area contributed by atoms with Crippen LogP contribution in [0.2, 0.25) is 0 Å². The second-order valence-electron chi connectivity index (χ2n) is 23.8. The van der Waals surface area contributed by atoms with Crippen LogP contribution in [0.1, 0.15) is 0 Å². The van der Waals surface area contributed by atoms with Gasteiger partial charge in [0.1, 0.15) is 0 Å². The first-order valence-corrected chi connectivity index (χ1v) is 31.7. The number of nitrogens with zero attached hydrogens (tertiary/aromatic N) is 9. The summed E-state index contributed by atoms with van der Waals surface area (Å²) in [6.07, 6.45) is 0. The van der Waals surface area contributed by atoms with Crippen LogP contribution in [0.4, 0.5) is 34.1 Å². The molecule has 0 spiro atoms. The molecule has 0 saturated heterocycles.